The van der Waals surface area contributed by atoms with Crippen LogP contribution < -0.4 is 5.32 Å². The van der Waals surface area contributed by atoms with Crippen LogP contribution in [0, 0.1) is 11.7 Å². The third-order valence-corrected chi connectivity index (χ3v) is 4.33. The number of amides is 1. The molecular weight excluding hydrogens is 323 g/mol. The van der Waals surface area contributed by atoms with Crippen LogP contribution in [0.5, 0.6) is 0 Å². The number of benzene rings is 1. The van der Waals surface area contributed by atoms with Crippen LogP contribution in [-0.4, -0.2) is 31.5 Å². The topological polar surface area (TPSA) is 55.4 Å². The van der Waals surface area contributed by atoms with Gasteiger partial charge in [0.1, 0.15) is 5.82 Å². The van der Waals surface area contributed by atoms with Gasteiger partial charge in [-0.25, -0.2) is 13.2 Å². The van der Waals surface area contributed by atoms with Crippen molar-refractivity contribution >= 4 is 11.9 Å². The van der Waals surface area contributed by atoms with Gasteiger partial charge in [-0.2, -0.15) is 0 Å². The molecule has 1 atom stereocenters. The molecule has 2 rings (SSSR count). The van der Waals surface area contributed by atoms with E-state index in [4.69, 9.17) is 4.74 Å². The maximum atomic E-state index is 13.1. The largest absolute Gasteiger partial charge is 0.468 e. The molecule has 0 bridgehead atoms. The van der Waals surface area contributed by atoms with Crippen LogP contribution in [0.3, 0.4) is 0 Å². The van der Waals surface area contributed by atoms with E-state index in [1.807, 2.05) is 0 Å². The van der Waals surface area contributed by atoms with Crippen molar-refractivity contribution in [3.8, 4) is 0 Å². The molecule has 1 aromatic carbocycles. The molecule has 0 unspecified atom stereocenters. The van der Waals surface area contributed by atoms with E-state index in [-0.39, 0.29) is 38.1 Å². The van der Waals surface area contributed by atoms with Crippen molar-refractivity contribution < 1.29 is 27.5 Å². The number of alkyl halides is 2. The number of methoxy groups -OCH3 is 1. The van der Waals surface area contributed by atoms with Gasteiger partial charge in [0.15, 0.2) is 0 Å². The second kappa shape index (κ2) is 7.68. The number of halogens is 3. The average Bonchev–Trinajstić information content (AvgIpc) is 2.56. The normalized spacial score (nSPS) is 18.7. The quantitative estimate of drug-likeness (QED) is 0.836. The molecule has 0 aromatic heterocycles. The first-order valence-corrected chi connectivity index (χ1v) is 7.81. The number of carbonyl (C=O) groups excluding carboxylic acids is 2. The fourth-order valence-corrected chi connectivity index (χ4v) is 2.82. The third kappa shape index (κ3) is 4.72. The van der Waals surface area contributed by atoms with E-state index >= 15 is 0 Å². The Morgan fingerprint density at radius 1 is 1.25 bits per heavy atom. The summed E-state index contributed by atoms with van der Waals surface area (Å²) in [5.74, 6) is -5.28. The summed E-state index contributed by atoms with van der Waals surface area (Å²) < 4.78 is 44.0. The van der Waals surface area contributed by atoms with Crippen molar-refractivity contribution in [3.63, 3.8) is 0 Å². The first-order chi connectivity index (χ1) is 11.3. The number of carbonyl (C=O) groups is 2. The Morgan fingerprint density at radius 3 is 2.38 bits per heavy atom. The molecule has 0 aliphatic heterocycles. The van der Waals surface area contributed by atoms with Crippen molar-refractivity contribution in [3.05, 3.63) is 35.6 Å². The molecule has 0 heterocycles. The highest BCUT2D eigenvalue weighted by Crippen LogP contribution is 2.36. The highest BCUT2D eigenvalue weighted by molar-refractivity contribution is 5.82. The summed E-state index contributed by atoms with van der Waals surface area (Å²) in [6.45, 7) is -0.0238. The zero-order valence-corrected chi connectivity index (χ0v) is 13.4. The van der Waals surface area contributed by atoms with Gasteiger partial charge in [-0.05, 0) is 30.5 Å². The van der Waals surface area contributed by atoms with Crippen molar-refractivity contribution in [1.82, 2.24) is 5.32 Å². The Hall–Kier alpha value is -2.05. The molecule has 0 spiro atoms. The number of hydrogen-bond acceptors (Lipinski definition) is 3. The van der Waals surface area contributed by atoms with E-state index in [1.54, 1.807) is 0 Å². The highest BCUT2D eigenvalue weighted by Gasteiger charge is 2.37. The van der Waals surface area contributed by atoms with Crippen LogP contribution in [0.2, 0.25) is 0 Å². The molecular formula is C17H20F3NO3. The Kier molecular flexibility index (Phi) is 5.85. The Balaban J connectivity index is 1.96. The van der Waals surface area contributed by atoms with Crippen LogP contribution in [-0.2, 0) is 14.3 Å². The number of esters is 1. The van der Waals surface area contributed by atoms with Crippen LogP contribution >= 0.6 is 0 Å². The van der Waals surface area contributed by atoms with E-state index < -0.39 is 29.5 Å². The molecule has 0 radical (unpaired) electrons. The summed E-state index contributed by atoms with van der Waals surface area (Å²) >= 11 is 0. The maximum absolute atomic E-state index is 13.1. The van der Waals surface area contributed by atoms with Crippen LogP contribution in [0.25, 0.3) is 0 Å². The first-order valence-electron chi connectivity index (χ1n) is 7.81. The van der Waals surface area contributed by atoms with Gasteiger partial charge in [-0.3, -0.25) is 9.59 Å². The predicted molar refractivity (Wildman–Crippen MR) is 81.1 cm³/mol. The average molecular weight is 343 g/mol. The van der Waals surface area contributed by atoms with E-state index in [1.165, 1.54) is 31.4 Å². The van der Waals surface area contributed by atoms with Gasteiger partial charge >= 0.3 is 5.97 Å². The van der Waals surface area contributed by atoms with Crippen LogP contribution in [0.1, 0.15) is 37.2 Å². The minimum Gasteiger partial charge on any atom is -0.468 e. The lowest BCUT2D eigenvalue weighted by Crippen LogP contribution is -2.39. The van der Waals surface area contributed by atoms with Gasteiger partial charge in [0.25, 0.3) is 0 Å². The van der Waals surface area contributed by atoms with E-state index in [0.29, 0.717) is 5.56 Å². The van der Waals surface area contributed by atoms with E-state index in [0.717, 1.165) is 0 Å². The minimum atomic E-state index is -2.69. The molecule has 0 saturated heterocycles. The molecule has 1 aromatic rings. The second-order valence-corrected chi connectivity index (χ2v) is 6.00. The van der Waals surface area contributed by atoms with Gasteiger partial charge in [0.2, 0.25) is 11.8 Å². The molecule has 1 amide bonds. The second-order valence-electron chi connectivity index (χ2n) is 6.00. The van der Waals surface area contributed by atoms with E-state index in [2.05, 4.69) is 5.32 Å². The van der Waals surface area contributed by atoms with Crippen LogP contribution in [0.4, 0.5) is 13.2 Å². The molecule has 1 aliphatic carbocycles. The number of hydrogen-bond donors (Lipinski definition) is 1. The summed E-state index contributed by atoms with van der Waals surface area (Å²) in [5, 5.41) is 2.63. The molecule has 132 valence electrons. The molecule has 1 saturated carbocycles. The summed E-state index contributed by atoms with van der Waals surface area (Å²) in [7, 11) is 1.23. The lowest BCUT2D eigenvalue weighted by Gasteiger charge is -2.27. The van der Waals surface area contributed by atoms with Crippen molar-refractivity contribution in [2.45, 2.75) is 37.5 Å². The van der Waals surface area contributed by atoms with Gasteiger partial charge in [-0.1, -0.05) is 12.1 Å². The van der Waals surface area contributed by atoms with Crippen molar-refractivity contribution in [1.29, 1.82) is 0 Å². The highest BCUT2D eigenvalue weighted by atomic mass is 19.3. The van der Waals surface area contributed by atoms with Gasteiger partial charge in [-0.15, -0.1) is 0 Å². The fourth-order valence-electron chi connectivity index (χ4n) is 2.82. The number of ether oxygens (including phenoxy) is 1. The molecule has 4 nitrogen and oxygen atoms in total. The summed E-state index contributed by atoms with van der Waals surface area (Å²) in [6.07, 6.45) is -0.358. The smallest absolute Gasteiger partial charge is 0.314 e. The summed E-state index contributed by atoms with van der Waals surface area (Å²) in [6, 6.07) is 5.33. The fraction of sp³-hybridized carbons (Fsp3) is 0.529. The summed E-state index contributed by atoms with van der Waals surface area (Å²) in [5.41, 5.74) is 0.513. The van der Waals surface area contributed by atoms with Crippen molar-refractivity contribution in [2.24, 2.45) is 5.92 Å². The molecule has 1 fully saturated rings. The zero-order valence-electron chi connectivity index (χ0n) is 13.4. The molecule has 24 heavy (non-hydrogen) atoms. The number of rotatable bonds is 5. The molecule has 1 N–H and O–H groups in total. The maximum Gasteiger partial charge on any atom is 0.314 e. The van der Waals surface area contributed by atoms with E-state index in [9.17, 15) is 22.8 Å². The Morgan fingerprint density at radius 2 is 1.83 bits per heavy atom. The van der Waals surface area contributed by atoms with Gasteiger partial charge < -0.3 is 10.1 Å². The molecule has 7 heteroatoms. The zero-order chi connectivity index (χ0) is 17.7. The lowest BCUT2D eigenvalue weighted by molar-refractivity contribution is -0.142. The predicted octanol–water partition coefficient (Wildman–Crippen LogP) is 3.02. The third-order valence-electron chi connectivity index (χ3n) is 4.33. The number of nitrogens with one attached hydrogen (secondary N) is 1. The van der Waals surface area contributed by atoms with Crippen LogP contribution in [0.15, 0.2) is 24.3 Å². The lowest BCUT2D eigenvalue weighted by atomic mass is 9.86. The Bertz CT molecular complexity index is 579. The first kappa shape index (κ1) is 18.3. The van der Waals surface area contributed by atoms with Gasteiger partial charge in [0.05, 0.1) is 13.0 Å². The summed E-state index contributed by atoms with van der Waals surface area (Å²) in [4.78, 5) is 24.0. The van der Waals surface area contributed by atoms with Crippen molar-refractivity contribution in [2.75, 3.05) is 13.7 Å². The Labute approximate surface area is 138 Å². The van der Waals surface area contributed by atoms with Gasteiger partial charge in [0, 0.05) is 25.3 Å². The minimum absolute atomic E-state index is 0.0238. The standard InChI is InChI=1S/C17H20F3NO3/c1-24-16(23)14(11-2-4-13(18)5-3-11)10-21-15(22)12-6-8-17(19,20)9-7-12/h2-5,12,14H,6-10H2,1H3,(H,21,22)/t14-/m1/s1. The SMILES string of the molecule is COC(=O)[C@H](CNC(=O)C1CCC(F)(F)CC1)c1ccc(F)cc1. The monoisotopic (exact) mass is 343 g/mol. The molecule has 1 aliphatic rings.